The number of nitrogens with one attached hydrogen (secondary N) is 1. The second-order valence-corrected chi connectivity index (χ2v) is 6.60. The van der Waals surface area contributed by atoms with Crippen LogP contribution >= 0.6 is 11.5 Å². The molecule has 0 bridgehead atoms. The van der Waals surface area contributed by atoms with E-state index in [0.29, 0.717) is 24.3 Å². The number of hydrogen-bond donors (Lipinski definition) is 1. The van der Waals surface area contributed by atoms with Gasteiger partial charge in [-0.15, -0.1) is 0 Å². The third kappa shape index (κ3) is 2.92. The number of rotatable bonds is 4. The van der Waals surface area contributed by atoms with E-state index in [9.17, 15) is 4.79 Å². The molecule has 0 amide bonds. The molecule has 1 aromatic heterocycles. The molecule has 2 aliphatic rings. The molecule has 1 N–H and O–H groups in total. The minimum Gasteiger partial charge on any atom is -0.462 e. The first-order valence-corrected chi connectivity index (χ1v) is 8.62. The number of carbonyl (C=O) groups is 1. The van der Waals surface area contributed by atoms with Gasteiger partial charge < -0.3 is 10.1 Å². The summed E-state index contributed by atoms with van der Waals surface area (Å²) in [5.41, 5.74) is 1.38. The molecule has 21 heavy (non-hydrogen) atoms. The molecule has 3 heterocycles. The normalized spacial score (nSPS) is 25.6. The average molecular weight is 309 g/mol. The Kier molecular flexibility index (Phi) is 4.45. The number of nitrogens with zero attached hydrogens (tertiary/aromatic N) is 2. The predicted molar refractivity (Wildman–Crippen MR) is 84.0 cm³/mol. The van der Waals surface area contributed by atoms with Gasteiger partial charge in [-0.05, 0) is 51.2 Å². The molecule has 5 nitrogen and oxygen atoms in total. The quantitative estimate of drug-likeness (QED) is 0.867. The number of carbonyl (C=O) groups excluding carboxylic acids is 1. The van der Waals surface area contributed by atoms with Gasteiger partial charge in [0.15, 0.2) is 0 Å². The number of piperidine rings is 1. The highest BCUT2D eigenvalue weighted by Gasteiger charge is 2.36. The lowest BCUT2D eigenvalue weighted by atomic mass is 9.99. The number of hydrogen-bond acceptors (Lipinski definition) is 6. The highest BCUT2D eigenvalue weighted by Crippen LogP contribution is 2.32. The molecule has 2 saturated heterocycles. The van der Waals surface area contributed by atoms with Gasteiger partial charge in [0.2, 0.25) is 0 Å². The summed E-state index contributed by atoms with van der Waals surface area (Å²) in [6.45, 7) is 6.48. The fourth-order valence-corrected chi connectivity index (χ4v) is 4.34. The molecule has 0 aromatic carbocycles. The van der Waals surface area contributed by atoms with Crippen LogP contribution < -0.4 is 5.32 Å². The number of ether oxygens (including phenoxy) is 1. The number of anilines is 1. The fourth-order valence-electron chi connectivity index (χ4n) is 3.50. The van der Waals surface area contributed by atoms with Crippen LogP contribution in [0.15, 0.2) is 0 Å². The van der Waals surface area contributed by atoms with Crippen molar-refractivity contribution < 1.29 is 9.53 Å². The van der Waals surface area contributed by atoms with Crippen molar-refractivity contribution in [3.05, 3.63) is 11.3 Å². The molecule has 0 saturated carbocycles. The number of fused-ring (bicyclic) bond motifs is 1. The van der Waals surface area contributed by atoms with Crippen LogP contribution in [-0.4, -0.2) is 47.0 Å². The van der Waals surface area contributed by atoms with Crippen LogP contribution in [0, 0.1) is 6.92 Å². The summed E-state index contributed by atoms with van der Waals surface area (Å²) in [5, 5.41) is 4.46. The molecular formula is C15H23N3O2S. The number of esters is 1. The third-order valence-electron chi connectivity index (χ3n) is 4.51. The Balaban J connectivity index is 1.74. The van der Waals surface area contributed by atoms with Gasteiger partial charge in [-0.2, -0.15) is 4.37 Å². The largest absolute Gasteiger partial charge is 0.462 e. The van der Waals surface area contributed by atoms with Gasteiger partial charge in [0.25, 0.3) is 0 Å². The van der Waals surface area contributed by atoms with E-state index in [4.69, 9.17) is 4.74 Å². The summed E-state index contributed by atoms with van der Waals surface area (Å²) in [7, 11) is 0. The smallest absolute Gasteiger partial charge is 0.343 e. The first kappa shape index (κ1) is 14.8. The van der Waals surface area contributed by atoms with Gasteiger partial charge in [-0.25, -0.2) is 4.79 Å². The molecule has 0 aliphatic carbocycles. The van der Waals surface area contributed by atoms with Crippen LogP contribution in [0.25, 0.3) is 0 Å². The summed E-state index contributed by atoms with van der Waals surface area (Å²) in [4.78, 5) is 14.7. The molecule has 0 spiro atoms. The molecular weight excluding hydrogens is 286 g/mol. The van der Waals surface area contributed by atoms with E-state index in [-0.39, 0.29) is 5.97 Å². The maximum Gasteiger partial charge on any atom is 0.343 e. The SMILES string of the molecule is CCOC(=O)c1c(C)nsc1NC1CCN2CCCCC12. The Hall–Kier alpha value is -1.14. The standard InChI is InChI=1S/C15H23N3O2S/c1-3-20-15(19)13-10(2)17-21-14(13)16-11-7-9-18-8-5-4-6-12(11)18/h11-12,16H,3-9H2,1-2H3. The molecule has 3 rings (SSSR count). The third-order valence-corrected chi connectivity index (χ3v) is 5.38. The fraction of sp³-hybridized carbons (Fsp3) is 0.733. The van der Waals surface area contributed by atoms with Gasteiger partial charge in [-0.3, -0.25) is 4.90 Å². The van der Waals surface area contributed by atoms with Crippen molar-refractivity contribution in [1.29, 1.82) is 0 Å². The van der Waals surface area contributed by atoms with Crippen molar-refractivity contribution in [2.75, 3.05) is 25.0 Å². The van der Waals surface area contributed by atoms with Gasteiger partial charge in [0, 0.05) is 18.6 Å². The van der Waals surface area contributed by atoms with Crippen molar-refractivity contribution in [3.8, 4) is 0 Å². The monoisotopic (exact) mass is 309 g/mol. The lowest BCUT2D eigenvalue weighted by Crippen LogP contribution is -2.41. The predicted octanol–water partition coefficient (Wildman–Crippen LogP) is 2.67. The minimum atomic E-state index is -0.259. The maximum absolute atomic E-state index is 12.1. The summed E-state index contributed by atoms with van der Waals surface area (Å²) in [6, 6.07) is 1.04. The van der Waals surface area contributed by atoms with Crippen LogP contribution in [-0.2, 0) is 4.74 Å². The van der Waals surface area contributed by atoms with Gasteiger partial charge in [0.1, 0.15) is 10.6 Å². The Morgan fingerprint density at radius 1 is 1.43 bits per heavy atom. The van der Waals surface area contributed by atoms with Crippen molar-refractivity contribution in [2.24, 2.45) is 0 Å². The van der Waals surface area contributed by atoms with Crippen LogP contribution in [0.2, 0.25) is 0 Å². The van der Waals surface area contributed by atoms with E-state index in [1.54, 1.807) is 0 Å². The molecule has 2 aliphatic heterocycles. The molecule has 6 heteroatoms. The second kappa shape index (κ2) is 6.32. The van der Waals surface area contributed by atoms with E-state index in [1.165, 1.54) is 37.3 Å². The topological polar surface area (TPSA) is 54.5 Å². The van der Waals surface area contributed by atoms with E-state index in [2.05, 4.69) is 14.6 Å². The Labute approximate surface area is 129 Å². The molecule has 2 fully saturated rings. The highest BCUT2D eigenvalue weighted by molar-refractivity contribution is 7.10. The Bertz CT molecular complexity index is 517. The van der Waals surface area contributed by atoms with Gasteiger partial charge >= 0.3 is 5.97 Å². The summed E-state index contributed by atoms with van der Waals surface area (Å²) < 4.78 is 9.49. The zero-order valence-electron chi connectivity index (χ0n) is 12.7. The minimum absolute atomic E-state index is 0.259. The van der Waals surface area contributed by atoms with Gasteiger partial charge in [0.05, 0.1) is 12.3 Å². The lowest BCUT2D eigenvalue weighted by Gasteiger charge is -2.32. The summed E-state index contributed by atoms with van der Waals surface area (Å²) in [5.74, 6) is -0.259. The van der Waals surface area contributed by atoms with E-state index in [0.717, 1.165) is 23.7 Å². The zero-order chi connectivity index (χ0) is 14.8. The van der Waals surface area contributed by atoms with Crippen molar-refractivity contribution in [2.45, 2.75) is 51.6 Å². The van der Waals surface area contributed by atoms with Crippen LogP contribution in [0.5, 0.6) is 0 Å². The van der Waals surface area contributed by atoms with E-state index < -0.39 is 0 Å². The summed E-state index contributed by atoms with van der Waals surface area (Å²) >= 11 is 1.38. The van der Waals surface area contributed by atoms with Crippen molar-refractivity contribution >= 4 is 22.5 Å². The van der Waals surface area contributed by atoms with Crippen LogP contribution in [0.1, 0.15) is 48.7 Å². The average Bonchev–Trinajstić information content (AvgIpc) is 3.04. The molecule has 1 aromatic rings. The van der Waals surface area contributed by atoms with Crippen LogP contribution in [0.4, 0.5) is 5.00 Å². The number of aromatic nitrogens is 1. The Morgan fingerprint density at radius 3 is 3.10 bits per heavy atom. The Morgan fingerprint density at radius 2 is 2.29 bits per heavy atom. The number of aryl methyl sites for hydroxylation is 1. The van der Waals surface area contributed by atoms with E-state index in [1.807, 2.05) is 13.8 Å². The van der Waals surface area contributed by atoms with Crippen LogP contribution in [0.3, 0.4) is 0 Å². The lowest BCUT2D eigenvalue weighted by molar-refractivity contribution is 0.0527. The molecule has 116 valence electrons. The summed E-state index contributed by atoms with van der Waals surface area (Å²) in [6.07, 6.45) is 5.02. The maximum atomic E-state index is 12.1. The zero-order valence-corrected chi connectivity index (χ0v) is 13.5. The highest BCUT2D eigenvalue weighted by atomic mass is 32.1. The molecule has 2 atom stereocenters. The molecule has 2 unspecified atom stereocenters. The van der Waals surface area contributed by atoms with Crippen molar-refractivity contribution in [3.63, 3.8) is 0 Å². The van der Waals surface area contributed by atoms with Gasteiger partial charge in [-0.1, -0.05) is 6.42 Å². The molecule has 0 radical (unpaired) electrons. The second-order valence-electron chi connectivity index (χ2n) is 5.83. The van der Waals surface area contributed by atoms with Crippen molar-refractivity contribution in [1.82, 2.24) is 9.27 Å². The van der Waals surface area contributed by atoms with E-state index >= 15 is 0 Å². The first-order valence-electron chi connectivity index (χ1n) is 7.84. The first-order chi connectivity index (χ1) is 10.2.